The van der Waals surface area contributed by atoms with Gasteiger partial charge in [-0.2, -0.15) is 5.10 Å². The fourth-order valence-electron chi connectivity index (χ4n) is 5.90. The molecule has 1 amide bonds. The number of pyridine rings is 1. The average molecular weight is 584 g/mol. The normalized spacial score (nSPS) is 19.1. The Balaban J connectivity index is 1.29. The van der Waals surface area contributed by atoms with E-state index in [0.717, 1.165) is 23.8 Å². The number of halogens is 1. The molecule has 0 spiro atoms. The van der Waals surface area contributed by atoms with Crippen LogP contribution in [0.15, 0.2) is 61.3 Å². The molecule has 1 aliphatic heterocycles. The summed E-state index contributed by atoms with van der Waals surface area (Å²) >= 11 is 0. The Hall–Kier alpha value is -4.84. The van der Waals surface area contributed by atoms with Crippen LogP contribution in [0.4, 0.5) is 4.39 Å². The number of nitrogens with one attached hydrogen (secondary N) is 1. The minimum absolute atomic E-state index is 0.0667. The van der Waals surface area contributed by atoms with Crippen molar-refractivity contribution in [2.24, 2.45) is 13.0 Å². The number of rotatable bonds is 8. The number of methoxy groups -OCH3 is 1. The van der Waals surface area contributed by atoms with E-state index in [1.165, 1.54) is 19.2 Å². The molecule has 0 saturated heterocycles. The molecular weight excluding hydrogens is 553 g/mol. The van der Waals surface area contributed by atoms with Gasteiger partial charge in [-0.1, -0.05) is 0 Å². The number of aromatic nitrogens is 6. The summed E-state index contributed by atoms with van der Waals surface area (Å²) in [7, 11) is 3.34. The summed E-state index contributed by atoms with van der Waals surface area (Å²) in [6.45, 7) is 2.22. The number of hydrogen-bond donors (Lipinski definition) is 2. The summed E-state index contributed by atoms with van der Waals surface area (Å²) in [6, 6.07) is 11.3. The molecule has 2 atom stereocenters. The molecule has 220 valence electrons. The highest BCUT2D eigenvalue weighted by molar-refractivity contribution is 5.99. The number of carbonyl (C=O) groups is 1. The lowest BCUT2D eigenvalue weighted by atomic mass is 9.86. The summed E-state index contributed by atoms with van der Waals surface area (Å²) in [5, 5.41) is 28.4. The van der Waals surface area contributed by atoms with Gasteiger partial charge in [0.05, 0.1) is 19.3 Å². The highest BCUT2D eigenvalue weighted by Gasteiger charge is 2.49. The third-order valence-corrected chi connectivity index (χ3v) is 8.54. The summed E-state index contributed by atoms with van der Waals surface area (Å²) in [6.07, 6.45) is 6.63. The maximum absolute atomic E-state index is 13.9. The number of nitrogens with zero attached hydrogens (tertiary/aromatic N) is 6. The molecule has 1 aliphatic carbocycles. The van der Waals surface area contributed by atoms with Crippen molar-refractivity contribution in [2.75, 3.05) is 20.3 Å². The second-order valence-corrected chi connectivity index (χ2v) is 11.5. The second kappa shape index (κ2) is 9.87. The molecule has 2 aromatic carbocycles. The third-order valence-electron chi connectivity index (χ3n) is 8.54. The Kier molecular flexibility index (Phi) is 6.20. The van der Waals surface area contributed by atoms with Crippen LogP contribution in [0.25, 0.3) is 22.2 Å². The first-order valence-corrected chi connectivity index (χ1v) is 14.0. The first-order valence-electron chi connectivity index (χ1n) is 14.0. The number of aryl methyl sites for hydroxylation is 1. The molecule has 3 aromatic heterocycles. The van der Waals surface area contributed by atoms with E-state index in [1.807, 2.05) is 23.8 Å². The fraction of sp³-hybridized carbons (Fsp3) is 0.323. The van der Waals surface area contributed by atoms with Crippen LogP contribution in [0.2, 0.25) is 0 Å². The predicted molar refractivity (Wildman–Crippen MR) is 154 cm³/mol. The van der Waals surface area contributed by atoms with E-state index in [4.69, 9.17) is 14.5 Å². The molecule has 1 fully saturated rings. The van der Waals surface area contributed by atoms with E-state index in [2.05, 4.69) is 20.6 Å². The molecule has 2 N–H and O–H groups in total. The largest absolute Gasteiger partial charge is 0.494 e. The Morgan fingerprint density at radius 2 is 1.95 bits per heavy atom. The van der Waals surface area contributed by atoms with Gasteiger partial charge in [0.1, 0.15) is 53.2 Å². The van der Waals surface area contributed by atoms with Gasteiger partial charge in [-0.05, 0) is 68.1 Å². The van der Waals surface area contributed by atoms with Gasteiger partial charge in [-0.15, -0.1) is 10.2 Å². The second-order valence-electron chi connectivity index (χ2n) is 11.5. The Bertz CT molecular complexity index is 1850. The molecule has 1 saturated carbocycles. The lowest BCUT2D eigenvalue weighted by molar-refractivity contribution is 0.00945. The SMILES string of the molecule is COc1cc(C(=O)NCC(O)(c2cc3c(c(-c4ccc(F)cc4)n2)OC[C@]3(C)n2cnnc2)C2CC2)cc2cn(C)nc12. The smallest absolute Gasteiger partial charge is 0.251 e. The van der Waals surface area contributed by atoms with Crippen LogP contribution in [0, 0.1) is 11.7 Å². The molecule has 4 heterocycles. The molecule has 1 unspecified atom stereocenters. The van der Waals surface area contributed by atoms with Gasteiger partial charge < -0.3 is 24.5 Å². The van der Waals surface area contributed by atoms with Gasteiger partial charge in [-0.3, -0.25) is 9.48 Å². The van der Waals surface area contributed by atoms with Crippen LogP contribution >= 0.6 is 0 Å². The molecule has 2 aliphatic rings. The predicted octanol–water partition coefficient (Wildman–Crippen LogP) is 3.56. The summed E-state index contributed by atoms with van der Waals surface area (Å²) in [5.41, 5.74) is 1.20. The molecule has 0 radical (unpaired) electrons. The van der Waals surface area contributed by atoms with Crippen molar-refractivity contribution in [3.05, 3.63) is 84.0 Å². The highest BCUT2D eigenvalue weighted by Crippen LogP contribution is 2.50. The van der Waals surface area contributed by atoms with E-state index >= 15 is 0 Å². The number of benzene rings is 2. The van der Waals surface area contributed by atoms with Gasteiger partial charge in [0, 0.05) is 35.3 Å². The maximum atomic E-state index is 13.9. The van der Waals surface area contributed by atoms with Crippen LogP contribution < -0.4 is 14.8 Å². The van der Waals surface area contributed by atoms with E-state index < -0.39 is 11.1 Å². The summed E-state index contributed by atoms with van der Waals surface area (Å²) < 4.78 is 29.1. The van der Waals surface area contributed by atoms with Crippen molar-refractivity contribution in [2.45, 2.75) is 30.9 Å². The zero-order valence-electron chi connectivity index (χ0n) is 23.9. The number of aliphatic hydroxyl groups is 1. The highest BCUT2D eigenvalue weighted by atomic mass is 19.1. The van der Waals surface area contributed by atoms with Gasteiger partial charge in [-0.25, -0.2) is 9.37 Å². The van der Waals surface area contributed by atoms with Crippen LogP contribution in [-0.4, -0.2) is 60.8 Å². The number of fused-ring (bicyclic) bond motifs is 2. The van der Waals surface area contributed by atoms with E-state index in [1.54, 1.807) is 48.6 Å². The zero-order chi connectivity index (χ0) is 29.9. The van der Waals surface area contributed by atoms with Crippen molar-refractivity contribution < 1.29 is 23.8 Å². The average Bonchev–Trinajstić information content (AvgIpc) is 3.41. The molecule has 12 heteroatoms. The molecule has 5 aromatic rings. The Morgan fingerprint density at radius 1 is 1.21 bits per heavy atom. The summed E-state index contributed by atoms with van der Waals surface area (Å²) in [4.78, 5) is 18.4. The quantitative estimate of drug-likeness (QED) is 0.284. The van der Waals surface area contributed by atoms with Gasteiger partial charge in [0.25, 0.3) is 5.91 Å². The number of amides is 1. The van der Waals surface area contributed by atoms with Gasteiger partial charge in [0.2, 0.25) is 0 Å². The lowest BCUT2D eigenvalue weighted by Gasteiger charge is -2.30. The van der Waals surface area contributed by atoms with Gasteiger partial charge in [0.15, 0.2) is 5.75 Å². The minimum Gasteiger partial charge on any atom is -0.494 e. The van der Waals surface area contributed by atoms with Crippen molar-refractivity contribution in [3.8, 4) is 22.8 Å². The molecule has 11 nitrogen and oxygen atoms in total. The molecule has 0 bridgehead atoms. The minimum atomic E-state index is -1.47. The topological polar surface area (TPSA) is 129 Å². The Morgan fingerprint density at radius 3 is 2.65 bits per heavy atom. The maximum Gasteiger partial charge on any atom is 0.251 e. The van der Waals surface area contributed by atoms with Crippen LogP contribution in [0.3, 0.4) is 0 Å². The third kappa shape index (κ3) is 4.49. The van der Waals surface area contributed by atoms with Crippen molar-refractivity contribution in [3.63, 3.8) is 0 Å². The molecular formula is C31H30FN7O4. The van der Waals surface area contributed by atoms with Crippen molar-refractivity contribution >= 4 is 16.8 Å². The molecule has 7 rings (SSSR count). The zero-order valence-corrected chi connectivity index (χ0v) is 23.9. The Labute approximate surface area is 246 Å². The van der Waals surface area contributed by atoms with Crippen LogP contribution in [0.5, 0.6) is 11.5 Å². The first kappa shape index (κ1) is 27.0. The number of ether oxygens (including phenoxy) is 2. The monoisotopic (exact) mass is 583 g/mol. The molecule has 43 heavy (non-hydrogen) atoms. The number of hydrogen-bond acceptors (Lipinski definition) is 8. The lowest BCUT2D eigenvalue weighted by Crippen LogP contribution is -2.43. The fourth-order valence-corrected chi connectivity index (χ4v) is 5.90. The number of carbonyl (C=O) groups excluding carboxylic acids is 1. The first-order chi connectivity index (χ1) is 20.7. The summed E-state index contributed by atoms with van der Waals surface area (Å²) in [5.74, 6) is 0.188. The van der Waals surface area contributed by atoms with Gasteiger partial charge >= 0.3 is 0 Å². The van der Waals surface area contributed by atoms with Crippen LogP contribution in [0.1, 0.15) is 41.4 Å². The van der Waals surface area contributed by atoms with E-state index in [-0.39, 0.29) is 30.8 Å². The van der Waals surface area contributed by atoms with Crippen molar-refractivity contribution in [1.29, 1.82) is 0 Å². The van der Waals surface area contributed by atoms with E-state index in [0.29, 0.717) is 39.5 Å². The standard InChI is InChI=1S/C31H30FN7O4/c1-30(39-16-34-35-17-39)15-43-28-23(30)12-25(36-27(28)18-4-8-22(32)9-5-18)31(41,21-6-7-21)14-33-29(40)19-10-20-13-38(2)37-26(20)24(11-19)42-3/h4-5,8-13,16-17,21,41H,6-7,14-15H2,1-3H3,(H,33,40)/t30-,31?/m0/s1. The van der Waals surface area contributed by atoms with Crippen molar-refractivity contribution in [1.82, 2.24) is 34.8 Å². The van der Waals surface area contributed by atoms with Crippen LogP contribution in [-0.2, 0) is 18.2 Å². The van der Waals surface area contributed by atoms with E-state index in [9.17, 15) is 14.3 Å².